The van der Waals surface area contributed by atoms with E-state index in [1.165, 1.54) is 5.56 Å². The van der Waals surface area contributed by atoms with E-state index >= 15 is 0 Å². The zero-order valence-corrected chi connectivity index (χ0v) is 16.7. The number of hydrogen-bond acceptors (Lipinski definition) is 7. The molecular formula is C22H25N5O2. The van der Waals surface area contributed by atoms with Gasteiger partial charge >= 0.3 is 0 Å². The molecule has 29 heavy (non-hydrogen) atoms. The maximum absolute atomic E-state index is 10.7. The van der Waals surface area contributed by atoms with Crippen LogP contribution in [0.25, 0.3) is 23.0 Å². The lowest BCUT2D eigenvalue weighted by Gasteiger charge is -2.32. The van der Waals surface area contributed by atoms with E-state index in [4.69, 9.17) is 4.52 Å². The van der Waals surface area contributed by atoms with Gasteiger partial charge in [0.1, 0.15) is 12.0 Å². The Bertz CT molecular complexity index is 944. The van der Waals surface area contributed by atoms with Gasteiger partial charge in [0, 0.05) is 24.1 Å². The molecule has 0 aliphatic heterocycles. The van der Waals surface area contributed by atoms with Crippen molar-refractivity contribution in [1.82, 2.24) is 25.4 Å². The Labute approximate surface area is 170 Å². The number of rotatable bonds is 8. The molecule has 2 aromatic heterocycles. The molecule has 2 heterocycles. The van der Waals surface area contributed by atoms with Crippen molar-refractivity contribution in [2.45, 2.75) is 45.7 Å². The quantitative estimate of drug-likeness (QED) is 0.588. The Morgan fingerprint density at radius 3 is 2.62 bits per heavy atom. The summed E-state index contributed by atoms with van der Waals surface area (Å²) in [4.78, 5) is 24.0. The van der Waals surface area contributed by atoms with Gasteiger partial charge in [0.15, 0.2) is 0 Å². The molecule has 0 amide bonds. The average Bonchev–Trinajstić information content (AvgIpc) is 3.18. The van der Waals surface area contributed by atoms with Gasteiger partial charge in [0.25, 0.3) is 5.89 Å². The molecular weight excluding hydrogens is 366 g/mol. The molecule has 0 bridgehead atoms. The highest BCUT2D eigenvalue weighted by Gasteiger charge is 2.28. The van der Waals surface area contributed by atoms with Crippen LogP contribution >= 0.6 is 0 Å². The summed E-state index contributed by atoms with van der Waals surface area (Å²) < 4.78 is 5.41. The summed E-state index contributed by atoms with van der Waals surface area (Å²) in [5.41, 5.74) is 3.60. The topological polar surface area (TPSA) is 93.8 Å². The van der Waals surface area contributed by atoms with Crippen LogP contribution in [0.1, 0.15) is 37.9 Å². The number of nitrogens with one attached hydrogen (secondary N) is 1. The third-order valence-electron chi connectivity index (χ3n) is 5.14. The molecule has 1 aliphatic rings. The zero-order valence-electron chi connectivity index (χ0n) is 16.7. The normalized spacial score (nSPS) is 18.6. The predicted molar refractivity (Wildman–Crippen MR) is 109 cm³/mol. The van der Waals surface area contributed by atoms with Crippen molar-refractivity contribution in [3.05, 3.63) is 47.9 Å². The lowest BCUT2D eigenvalue weighted by molar-refractivity contribution is -0.113. The molecule has 0 unspecified atom stereocenters. The molecule has 1 N–H and O–H groups in total. The lowest BCUT2D eigenvalue weighted by atomic mass is 9.81. The molecule has 0 saturated heterocycles. The van der Waals surface area contributed by atoms with Gasteiger partial charge in [-0.15, -0.1) is 0 Å². The fourth-order valence-corrected chi connectivity index (χ4v) is 3.45. The number of aromatic nitrogens is 4. The highest BCUT2D eigenvalue weighted by atomic mass is 16.5. The molecule has 4 rings (SSSR count). The van der Waals surface area contributed by atoms with Crippen LogP contribution in [-0.4, -0.2) is 32.4 Å². The van der Waals surface area contributed by atoms with Crippen molar-refractivity contribution in [2.75, 3.05) is 0 Å². The molecule has 150 valence electrons. The van der Waals surface area contributed by atoms with Gasteiger partial charge < -0.3 is 14.6 Å². The molecule has 0 spiro atoms. The minimum Gasteiger partial charge on any atom is -0.334 e. The smallest absolute Gasteiger partial charge is 0.258 e. The van der Waals surface area contributed by atoms with E-state index in [9.17, 15) is 4.79 Å². The lowest BCUT2D eigenvalue weighted by Crippen LogP contribution is -2.41. The van der Waals surface area contributed by atoms with Crippen molar-refractivity contribution < 1.29 is 9.32 Å². The molecule has 7 nitrogen and oxygen atoms in total. The van der Waals surface area contributed by atoms with Crippen LogP contribution in [-0.2, 0) is 17.8 Å². The minimum absolute atomic E-state index is 0.208. The Morgan fingerprint density at radius 1 is 1.17 bits per heavy atom. The first-order chi connectivity index (χ1) is 14.1. The van der Waals surface area contributed by atoms with Gasteiger partial charge in [0.2, 0.25) is 5.82 Å². The largest absolute Gasteiger partial charge is 0.334 e. The molecule has 1 fully saturated rings. The van der Waals surface area contributed by atoms with E-state index in [0.29, 0.717) is 35.9 Å². The number of benzene rings is 1. The fourth-order valence-electron chi connectivity index (χ4n) is 3.45. The first-order valence-corrected chi connectivity index (χ1v) is 10.0. The van der Waals surface area contributed by atoms with Gasteiger partial charge in [-0.2, -0.15) is 4.98 Å². The van der Waals surface area contributed by atoms with Gasteiger partial charge in [-0.1, -0.05) is 31.1 Å². The van der Waals surface area contributed by atoms with Crippen molar-refractivity contribution in [2.24, 2.45) is 11.8 Å². The summed E-state index contributed by atoms with van der Waals surface area (Å²) in [7, 11) is 0. The number of carbonyl (C=O) groups is 1. The Kier molecular flexibility index (Phi) is 5.76. The summed E-state index contributed by atoms with van der Waals surface area (Å²) in [6, 6.07) is 8.59. The third kappa shape index (κ3) is 4.74. The van der Waals surface area contributed by atoms with Crippen molar-refractivity contribution >= 4 is 6.29 Å². The Morgan fingerprint density at radius 2 is 1.97 bits per heavy atom. The molecule has 1 aromatic carbocycles. The maximum Gasteiger partial charge on any atom is 0.258 e. The SMILES string of the molecule is CC(C)Cc1ccc(-c2nc(-c3cnc(CNC4CC(C=O)C4)cn3)no2)cc1. The highest BCUT2D eigenvalue weighted by Crippen LogP contribution is 2.25. The number of aldehydes is 1. The van der Waals surface area contributed by atoms with Crippen LogP contribution in [0.4, 0.5) is 0 Å². The van der Waals surface area contributed by atoms with Crippen LogP contribution in [0, 0.1) is 11.8 Å². The van der Waals surface area contributed by atoms with Gasteiger partial charge in [0.05, 0.1) is 18.1 Å². The molecule has 0 atom stereocenters. The van der Waals surface area contributed by atoms with Crippen LogP contribution in [0.2, 0.25) is 0 Å². The predicted octanol–water partition coefficient (Wildman–Crippen LogP) is 3.46. The number of hydrogen-bond donors (Lipinski definition) is 1. The monoisotopic (exact) mass is 391 g/mol. The molecule has 3 aromatic rings. The highest BCUT2D eigenvalue weighted by molar-refractivity contribution is 5.57. The summed E-state index contributed by atoms with van der Waals surface area (Å²) in [5.74, 6) is 1.72. The molecule has 0 radical (unpaired) electrons. The Hall–Kier alpha value is -2.93. The fraction of sp³-hybridized carbons (Fsp3) is 0.409. The van der Waals surface area contributed by atoms with E-state index in [0.717, 1.165) is 36.8 Å². The standard InChI is InChI=1S/C22H25N5O2/c1-14(2)7-15-3-5-17(6-4-15)22-26-21(27-29-22)20-12-24-19(11-25-20)10-23-18-8-16(9-18)13-28/h3-6,11-14,16,18,23H,7-10H2,1-2H3. The maximum atomic E-state index is 10.7. The van der Waals surface area contributed by atoms with Gasteiger partial charge in [-0.05, 0) is 42.9 Å². The molecule has 1 aliphatic carbocycles. The first-order valence-electron chi connectivity index (χ1n) is 10.0. The van der Waals surface area contributed by atoms with E-state index in [2.05, 4.69) is 51.4 Å². The van der Waals surface area contributed by atoms with E-state index in [1.54, 1.807) is 12.4 Å². The average molecular weight is 391 g/mol. The van der Waals surface area contributed by atoms with E-state index in [1.807, 2.05) is 12.1 Å². The number of nitrogens with zero attached hydrogens (tertiary/aromatic N) is 4. The van der Waals surface area contributed by atoms with Crippen LogP contribution < -0.4 is 5.32 Å². The van der Waals surface area contributed by atoms with Crippen molar-refractivity contribution in [3.63, 3.8) is 0 Å². The van der Waals surface area contributed by atoms with Crippen LogP contribution in [0.5, 0.6) is 0 Å². The summed E-state index contributed by atoms with van der Waals surface area (Å²) in [5, 5.41) is 7.43. The first kappa shape index (κ1) is 19.4. The van der Waals surface area contributed by atoms with Gasteiger partial charge in [-0.25, -0.2) is 4.98 Å². The number of carbonyl (C=O) groups excluding carboxylic acids is 1. The van der Waals surface area contributed by atoms with E-state index in [-0.39, 0.29) is 5.92 Å². The third-order valence-corrected chi connectivity index (χ3v) is 5.14. The summed E-state index contributed by atoms with van der Waals surface area (Å²) >= 11 is 0. The van der Waals surface area contributed by atoms with Gasteiger partial charge in [-0.3, -0.25) is 4.98 Å². The zero-order chi connectivity index (χ0) is 20.2. The minimum atomic E-state index is 0.208. The second-order valence-corrected chi connectivity index (χ2v) is 8.06. The van der Waals surface area contributed by atoms with Crippen LogP contribution in [0.15, 0.2) is 41.2 Å². The summed E-state index contributed by atoms with van der Waals surface area (Å²) in [6.07, 6.45) is 7.26. The second kappa shape index (κ2) is 8.61. The Balaban J connectivity index is 1.37. The van der Waals surface area contributed by atoms with E-state index < -0.39 is 0 Å². The van der Waals surface area contributed by atoms with Crippen LogP contribution in [0.3, 0.4) is 0 Å². The molecule has 7 heteroatoms. The van der Waals surface area contributed by atoms with Crippen molar-refractivity contribution in [1.29, 1.82) is 0 Å². The molecule has 1 saturated carbocycles. The second-order valence-electron chi connectivity index (χ2n) is 8.06. The summed E-state index contributed by atoms with van der Waals surface area (Å²) in [6.45, 7) is 5.04. The van der Waals surface area contributed by atoms with Crippen molar-refractivity contribution in [3.8, 4) is 23.0 Å².